The van der Waals surface area contributed by atoms with Gasteiger partial charge in [-0.05, 0) is 19.0 Å². The second-order valence-electron chi connectivity index (χ2n) is 2.84. The Balaban J connectivity index is 2.87. The third-order valence-electron chi connectivity index (χ3n) is 1.74. The summed E-state index contributed by atoms with van der Waals surface area (Å²) in [6.45, 7) is 0.556. The molecule has 0 bridgehead atoms. The molecule has 0 radical (unpaired) electrons. The van der Waals surface area contributed by atoms with E-state index in [0.717, 1.165) is 6.07 Å². The number of nitrogens with two attached hydrogens (primary N) is 1. The van der Waals surface area contributed by atoms with Crippen molar-refractivity contribution in [1.29, 1.82) is 0 Å². The molecule has 0 fully saturated rings. The first-order valence-corrected chi connectivity index (χ1v) is 4.42. The topological polar surface area (TPSA) is 78.4 Å². The minimum atomic E-state index is -0.735. The zero-order chi connectivity index (χ0) is 11.3. The van der Waals surface area contributed by atoms with Crippen molar-refractivity contribution >= 4 is 5.69 Å². The molecule has 0 atom stereocenters. The summed E-state index contributed by atoms with van der Waals surface area (Å²) in [6.07, 6.45) is 0.519. The molecular weight excluding hydrogens is 203 g/mol. The van der Waals surface area contributed by atoms with Crippen LogP contribution in [0.5, 0.6) is 5.75 Å². The number of ether oxygens (including phenoxy) is 1. The summed E-state index contributed by atoms with van der Waals surface area (Å²) in [4.78, 5) is 9.86. The van der Waals surface area contributed by atoms with Crippen LogP contribution < -0.4 is 10.5 Å². The minimum Gasteiger partial charge on any atom is -0.485 e. The number of para-hydroxylation sites is 1. The molecule has 6 heteroatoms. The van der Waals surface area contributed by atoms with Gasteiger partial charge in [-0.25, -0.2) is 4.39 Å². The van der Waals surface area contributed by atoms with E-state index >= 15 is 0 Å². The lowest BCUT2D eigenvalue weighted by atomic mass is 10.3. The third kappa shape index (κ3) is 2.88. The molecule has 0 aromatic heterocycles. The van der Waals surface area contributed by atoms with Gasteiger partial charge in [-0.2, -0.15) is 0 Å². The first-order valence-electron chi connectivity index (χ1n) is 4.42. The van der Waals surface area contributed by atoms with Gasteiger partial charge in [-0.15, -0.1) is 0 Å². The summed E-state index contributed by atoms with van der Waals surface area (Å²) >= 11 is 0. The molecule has 1 rings (SSSR count). The maximum absolute atomic E-state index is 13.2. The highest BCUT2D eigenvalue weighted by Crippen LogP contribution is 2.29. The van der Waals surface area contributed by atoms with Crippen molar-refractivity contribution in [3.63, 3.8) is 0 Å². The Morgan fingerprint density at radius 2 is 2.27 bits per heavy atom. The molecule has 0 aliphatic heterocycles. The fourth-order valence-corrected chi connectivity index (χ4v) is 1.04. The van der Waals surface area contributed by atoms with E-state index in [1.54, 1.807) is 0 Å². The number of halogens is 1. The quantitative estimate of drug-likeness (QED) is 0.457. The smallest absolute Gasteiger partial charge is 0.314 e. The van der Waals surface area contributed by atoms with Crippen molar-refractivity contribution < 1.29 is 14.1 Å². The molecule has 0 aliphatic rings. The van der Waals surface area contributed by atoms with E-state index in [1.807, 2.05) is 0 Å². The lowest BCUT2D eigenvalue weighted by molar-refractivity contribution is -0.386. The molecule has 0 amide bonds. The number of nitrogens with zero attached hydrogens (tertiary/aromatic N) is 1. The Hall–Kier alpha value is -1.69. The van der Waals surface area contributed by atoms with Crippen LogP contribution in [0.25, 0.3) is 0 Å². The molecule has 82 valence electrons. The summed E-state index contributed by atoms with van der Waals surface area (Å²) in [5.41, 5.74) is 4.85. The molecule has 0 unspecified atom stereocenters. The van der Waals surface area contributed by atoms with Crippen molar-refractivity contribution in [1.82, 2.24) is 0 Å². The summed E-state index contributed by atoms with van der Waals surface area (Å²) in [6, 6.07) is 3.58. The monoisotopic (exact) mass is 214 g/mol. The van der Waals surface area contributed by atoms with Crippen molar-refractivity contribution in [3.05, 3.63) is 34.1 Å². The van der Waals surface area contributed by atoms with Gasteiger partial charge >= 0.3 is 5.69 Å². The van der Waals surface area contributed by atoms with E-state index < -0.39 is 10.7 Å². The van der Waals surface area contributed by atoms with Crippen molar-refractivity contribution in [2.24, 2.45) is 5.73 Å². The SMILES string of the molecule is NCCCOc1c(F)cccc1[N+](=O)[O-]. The highest BCUT2D eigenvalue weighted by Gasteiger charge is 2.18. The molecule has 0 saturated heterocycles. The molecule has 15 heavy (non-hydrogen) atoms. The molecule has 0 saturated carbocycles. The number of rotatable bonds is 5. The van der Waals surface area contributed by atoms with Crippen LogP contribution in [0.3, 0.4) is 0 Å². The van der Waals surface area contributed by atoms with E-state index in [2.05, 4.69) is 0 Å². The third-order valence-corrected chi connectivity index (χ3v) is 1.74. The average molecular weight is 214 g/mol. The molecule has 0 heterocycles. The van der Waals surface area contributed by atoms with Gasteiger partial charge in [0.05, 0.1) is 11.5 Å². The van der Waals surface area contributed by atoms with Gasteiger partial charge in [0.25, 0.3) is 0 Å². The fraction of sp³-hybridized carbons (Fsp3) is 0.333. The lowest BCUT2D eigenvalue weighted by Gasteiger charge is -2.06. The summed E-state index contributed by atoms with van der Waals surface area (Å²) in [5.74, 6) is -1.06. The Kier molecular flexibility index (Phi) is 3.99. The number of nitro benzene ring substituents is 1. The number of hydrogen-bond donors (Lipinski definition) is 1. The van der Waals surface area contributed by atoms with Crippen LogP contribution in [-0.4, -0.2) is 18.1 Å². The Morgan fingerprint density at radius 3 is 2.87 bits per heavy atom. The van der Waals surface area contributed by atoms with Gasteiger partial charge in [0.2, 0.25) is 5.75 Å². The van der Waals surface area contributed by atoms with Crippen molar-refractivity contribution in [2.75, 3.05) is 13.2 Å². The molecule has 1 aromatic carbocycles. The molecular formula is C9H11FN2O3. The summed E-state index contributed by atoms with van der Waals surface area (Å²) < 4.78 is 18.2. The van der Waals surface area contributed by atoms with E-state index in [0.29, 0.717) is 13.0 Å². The molecule has 0 aliphatic carbocycles. The van der Waals surface area contributed by atoms with Crippen LogP contribution in [0, 0.1) is 15.9 Å². The Labute approximate surface area is 85.8 Å². The summed E-state index contributed by atoms with van der Waals surface area (Å²) in [5, 5.41) is 10.5. The summed E-state index contributed by atoms with van der Waals surface area (Å²) in [7, 11) is 0. The predicted octanol–water partition coefficient (Wildman–Crippen LogP) is 1.46. The van der Waals surface area contributed by atoms with Crippen LogP contribution in [0.1, 0.15) is 6.42 Å². The minimum absolute atomic E-state index is 0.165. The average Bonchev–Trinajstić information content (AvgIpc) is 2.20. The van der Waals surface area contributed by atoms with Crippen LogP contribution >= 0.6 is 0 Å². The van der Waals surface area contributed by atoms with Gasteiger partial charge in [-0.3, -0.25) is 10.1 Å². The molecule has 5 nitrogen and oxygen atoms in total. The van der Waals surface area contributed by atoms with Crippen molar-refractivity contribution in [2.45, 2.75) is 6.42 Å². The highest BCUT2D eigenvalue weighted by atomic mass is 19.1. The fourth-order valence-electron chi connectivity index (χ4n) is 1.04. The standard InChI is InChI=1S/C9H11FN2O3/c10-7-3-1-4-8(12(13)14)9(7)15-6-2-5-11/h1,3-4H,2,5-6,11H2. The van der Waals surface area contributed by atoms with Gasteiger partial charge in [0, 0.05) is 6.07 Å². The van der Waals surface area contributed by atoms with Gasteiger partial charge in [-0.1, -0.05) is 6.07 Å². The molecule has 0 spiro atoms. The van der Waals surface area contributed by atoms with Crippen LogP contribution in [0.15, 0.2) is 18.2 Å². The second kappa shape index (κ2) is 5.26. The number of benzene rings is 1. The van der Waals surface area contributed by atoms with Crippen LogP contribution in [0.2, 0.25) is 0 Å². The van der Waals surface area contributed by atoms with Crippen molar-refractivity contribution in [3.8, 4) is 5.75 Å². The maximum Gasteiger partial charge on any atom is 0.314 e. The number of hydrogen-bond acceptors (Lipinski definition) is 4. The Bertz CT molecular complexity index is 357. The first-order chi connectivity index (χ1) is 7.16. The molecule has 1 aromatic rings. The predicted molar refractivity (Wildman–Crippen MR) is 52.2 cm³/mol. The largest absolute Gasteiger partial charge is 0.485 e. The van der Waals surface area contributed by atoms with Crippen LogP contribution in [0.4, 0.5) is 10.1 Å². The molecule has 2 N–H and O–H groups in total. The Morgan fingerprint density at radius 1 is 1.53 bits per heavy atom. The van der Waals surface area contributed by atoms with E-state index in [1.165, 1.54) is 12.1 Å². The van der Waals surface area contributed by atoms with E-state index in [4.69, 9.17) is 10.5 Å². The number of nitro groups is 1. The van der Waals surface area contributed by atoms with Gasteiger partial charge in [0.15, 0.2) is 5.82 Å². The highest BCUT2D eigenvalue weighted by molar-refractivity contribution is 5.46. The zero-order valence-electron chi connectivity index (χ0n) is 7.98. The van der Waals surface area contributed by atoms with Gasteiger partial charge in [0.1, 0.15) is 0 Å². The zero-order valence-corrected chi connectivity index (χ0v) is 7.98. The second-order valence-corrected chi connectivity index (χ2v) is 2.84. The van der Waals surface area contributed by atoms with E-state index in [-0.39, 0.29) is 18.0 Å². The maximum atomic E-state index is 13.2. The van der Waals surface area contributed by atoms with Crippen LogP contribution in [-0.2, 0) is 0 Å². The lowest BCUT2D eigenvalue weighted by Crippen LogP contribution is -2.08. The normalized spacial score (nSPS) is 10.0. The first kappa shape index (κ1) is 11.4. The van der Waals surface area contributed by atoms with Gasteiger partial charge < -0.3 is 10.5 Å². The van der Waals surface area contributed by atoms with E-state index in [9.17, 15) is 14.5 Å².